The molecule has 2 aromatic rings. The highest BCUT2D eigenvalue weighted by Gasteiger charge is 2.08. The summed E-state index contributed by atoms with van der Waals surface area (Å²) in [6.45, 7) is 0. The maximum absolute atomic E-state index is 13.3. The van der Waals surface area contributed by atoms with Crippen molar-refractivity contribution in [2.24, 2.45) is 0 Å². The molecule has 0 fully saturated rings. The molecule has 6 heteroatoms. The van der Waals surface area contributed by atoms with E-state index in [1.807, 2.05) is 0 Å². The Balaban J connectivity index is 2.03. The van der Waals surface area contributed by atoms with Gasteiger partial charge in [-0.3, -0.25) is 0 Å². The van der Waals surface area contributed by atoms with E-state index in [1.165, 1.54) is 7.11 Å². The second kappa shape index (κ2) is 6.01. The molecule has 0 radical (unpaired) electrons. The molecule has 104 valence electrons. The quantitative estimate of drug-likeness (QED) is 0.901. The molecule has 0 spiro atoms. The van der Waals surface area contributed by atoms with Crippen molar-refractivity contribution in [1.82, 2.24) is 0 Å². The molecular formula is C14H12F2N2O2. The van der Waals surface area contributed by atoms with E-state index in [-0.39, 0.29) is 5.69 Å². The van der Waals surface area contributed by atoms with E-state index < -0.39 is 17.7 Å². The number of nitrogens with one attached hydrogen (secondary N) is 2. The van der Waals surface area contributed by atoms with Crippen LogP contribution in [0.25, 0.3) is 0 Å². The molecule has 0 aliphatic carbocycles. The Morgan fingerprint density at radius 1 is 1.05 bits per heavy atom. The zero-order valence-corrected chi connectivity index (χ0v) is 10.6. The van der Waals surface area contributed by atoms with Crippen LogP contribution >= 0.6 is 0 Å². The fourth-order valence-corrected chi connectivity index (χ4v) is 1.55. The van der Waals surface area contributed by atoms with Gasteiger partial charge in [0, 0.05) is 11.8 Å². The minimum atomic E-state index is -0.712. The number of rotatable bonds is 3. The summed E-state index contributed by atoms with van der Waals surface area (Å²) in [5, 5.41) is 4.73. The van der Waals surface area contributed by atoms with Gasteiger partial charge in [0.25, 0.3) is 0 Å². The van der Waals surface area contributed by atoms with Gasteiger partial charge in [-0.1, -0.05) is 0 Å². The molecular weight excluding hydrogens is 266 g/mol. The summed E-state index contributed by atoms with van der Waals surface area (Å²) in [5.41, 5.74) is 0.274. The lowest BCUT2D eigenvalue weighted by Gasteiger charge is -2.09. The number of ether oxygens (including phenoxy) is 1. The number of benzene rings is 2. The third kappa shape index (κ3) is 3.44. The first-order chi connectivity index (χ1) is 9.58. The van der Waals surface area contributed by atoms with Crippen molar-refractivity contribution in [3.63, 3.8) is 0 Å². The Morgan fingerprint density at radius 2 is 1.75 bits per heavy atom. The number of amides is 2. The Hall–Kier alpha value is -2.63. The van der Waals surface area contributed by atoms with Crippen molar-refractivity contribution in [1.29, 1.82) is 0 Å². The summed E-state index contributed by atoms with van der Waals surface area (Å²) in [4.78, 5) is 11.7. The van der Waals surface area contributed by atoms with E-state index in [0.29, 0.717) is 11.4 Å². The third-order valence-corrected chi connectivity index (χ3v) is 2.52. The van der Waals surface area contributed by atoms with Crippen LogP contribution in [0, 0.1) is 11.6 Å². The smallest absolute Gasteiger partial charge is 0.323 e. The molecule has 2 aromatic carbocycles. The largest absolute Gasteiger partial charge is 0.497 e. The minimum Gasteiger partial charge on any atom is -0.497 e. The molecule has 0 saturated heterocycles. The number of methoxy groups -OCH3 is 1. The first kappa shape index (κ1) is 13.8. The van der Waals surface area contributed by atoms with E-state index in [4.69, 9.17) is 4.74 Å². The van der Waals surface area contributed by atoms with Gasteiger partial charge in [0.05, 0.1) is 12.8 Å². The van der Waals surface area contributed by atoms with Gasteiger partial charge in [0.15, 0.2) is 0 Å². The molecule has 0 aliphatic rings. The minimum absolute atomic E-state index is 0.226. The van der Waals surface area contributed by atoms with Crippen LogP contribution in [0.1, 0.15) is 0 Å². The number of carbonyl (C=O) groups excluding carboxylic acids is 1. The van der Waals surface area contributed by atoms with E-state index in [2.05, 4.69) is 10.6 Å². The summed E-state index contributed by atoms with van der Waals surface area (Å²) >= 11 is 0. The molecule has 0 unspecified atom stereocenters. The molecule has 2 N–H and O–H groups in total. The van der Waals surface area contributed by atoms with Crippen LogP contribution in [0.2, 0.25) is 0 Å². The third-order valence-electron chi connectivity index (χ3n) is 2.52. The zero-order chi connectivity index (χ0) is 14.5. The van der Waals surface area contributed by atoms with Crippen LogP contribution in [-0.2, 0) is 0 Å². The van der Waals surface area contributed by atoms with Crippen molar-refractivity contribution in [3.05, 3.63) is 54.1 Å². The predicted octanol–water partition coefficient (Wildman–Crippen LogP) is 3.62. The standard InChI is InChI=1S/C14H12F2N2O2/c1-20-11-5-3-10(4-6-11)17-14(19)18-13-8-9(15)2-7-12(13)16/h2-8H,1H3,(H2,17,18,19). The highest BCUT2D eigenvalue weighted by Crippen LogP contribution is 2.17. The molecule has 2 amide bonds. The molecule has 0 atom stereocenters. The lowest BCUT2D eigenvalue weighted by Crippen LogP contribution is -2.20. The van der Waals surface area contributed by atoms with Crippen LogP contribution in [0.3, 0.4) is 0 Å². The van der Waals surface area contributed by atoms with E-state index in [1.54, 1.807) is 24.3 Å². The molecule has 2 rings (SSSR count). The maximum Gasteiger partial charge on any atom is 0.323 e. The maximum atomic E-state index is 13.3. The average Bonchev–Trinajstić information content (AvgIpc) is 2.43. The highest BCUT2D eigenvalue weighted by molar-refractivity contribution is 5.99. The van der Waals surface area contributed by atoms with E-state index >= 15 is 0 Å². The normalized spacial score (nSPS) is 9.95. The second-order valence-corrected chi connectivity index (χ2v) is 3.93. The topological polar surface area (TPSA) is 50.4 Å². The van der Waals surface area contributed by atoms with Gasteiger partial charge in [0.2, 0.25) is 0 Å². The van der Waals surface area contributed by atoms with Crippen molar-refractivity contribution in [3.8, 4) is 5.75 Å². The number of hydrogen-bond acceptors (Lipinski definition) is 2. The Labute approximate surface area is 114 Å². The molecule has 0 saturated carbocycles. The fourth-order valence-electron chi connectivity index (χ4n) is 1.55. The van der Waals surface area contributed by atoms with Crippen LogP contribution in [0.15, 0.2) is 42.5 Å². The summed E-state index contributed by atoms with van der Waals surface area (Å²) in [5.74, 6) is -0.699. The van der Waals surface area contributed by atoms with Crippen molar-refractivity contribution in [2.75, 3.05) is 17.7 Å². The van der Waals surface area contributed by atoms with Crippen LogP contribution in [0.5, 0.6) is 5.75 Å². The predicted molar refractivity (Wildman–Crippen MR) is 72.0 cm³/mol. The number of urea groups is 1. The number of halogens is 2. The molecule has 0 aromatic heterocycles. The first-order valence-electron chi connectivity index (χ1n) is 5.75. The van der Waals surface area contributed by atoms with E-state index in [9.17, 15) is 13.6 Å². The van der Waals surface area contributed by atoms with Gasteiger partial charge in [-0.2, -0.15) is 0 Å². The van der Waals surface area contributed by atoms with Crippen LogP contribution < -0.4 is 15.4 Å². The van der Waals surface area contributed by atoms with Gasteiger partial charge in [-0.05, 0) is 36.4 Å². The van der Waals surface area contributed by atoms with Crippen molar-refractivity contribution >= 4 is 17.4 Å². The Morgan fingerprint density at radius 3 is 2.40 bits per heavy atom. The fraction of sp³-hybridized carbons (Fsp3) is 0.0714. The average molecular weight is 278 g/mol. The first-order valence-corrected chi connectivity index (χ1v) is 5.75. The van der Waals surface area contributed by atoms with Gasteiger partial charge in [-0.15, -0.1) is 0 Å². The lowest BCUT2D eigenvalue weighted by molar-refractivity contribution is 0.262. The zero-order valence-electron chi connectivity index (χ0n) is 10.6. The second-order valence-electron chi connectivity index (χ2n) is 3.93. The van der Waals surface area contributed by atoms with Crippen LogP contribution in [-0.4, -0.2) is 13.1 Å². The molecule has 0 heterocycles. The van der Waals surface area contributed by atoms with Gasteiger partial charge in [-0.25, -0.2) is 13.6 Å². The number of hydrogen-bond donors (Lipinski definition) is 2. The summed E-state index contributed by atoms with van der Waals surface area (Å²) < 4.78 is 31.3. The Bertz CT molecular complexity index is 615. The summed E-state index contributed by atoms with van der Waals surface area (Å²) in [6.07, 6.45) is 0. The molecule has 0 aliphatic heterocycles. The Kier molecular flexibility index (Phi) is 4.14. The van der Waals surface area contributed by atoms with Crippen LogP contribution in [0.4, 0.5) is 25.0 Å². The summed E-state index contributed by atoms with van der Waals surface area (Å²) in [6, 6.07) is 8.74. The lowest BCUT2D eigenvalue weighted by atomic mass is 10.3. The summed E-state index contributed by atoms with van der Waals surface area (Å²) in [7, 11) is 1.53. The van der Waals surface area contributed by atoms with Gasteiger partial charge in [0.1, 0.15) is 17.4 Å². The number of anilines is 2. The van der Waals surface area contributed by atoms with Crippen molar-refractivity contribution < 1.29 is 18.3 Å². The SMILES string of the molecule is COc1ccc(NC(=O)Nc2cc(F)ccc2F)cc1. The highest BCUT2D eigenvalue weighted by atomic mass is 19.1. The van der Waals surface area contributed by atoms with Crippen molar-refractivity contribution in [2.45, 2.75) is 0 Å². The van der Waals surface area contributed by atoms with E-state index in [0.717, 1.165) is 18.2 Å². The molecule has 0 bridgehead atoms. The van der Waals surface area contributed by atoms with Gasteiger partial charge >= 0.3 is 6.03 Å². The number of carbonyl (C=O) groups is 1. The molecule has 20 heavy (non-hydrogen) atoms. The van der Waals surface area contributed by atoms with Gasteiger partial charge < -0.3 is 15.4 Å². The monoisotopic (exact) mass is 278 g/mol. The molecule has 4 nitrogen and oxygen atoms in total.